The van der Waals surface area contributed by atoms with E-state index in [4.69, 9.17) is 5.11 Å². The summed E-state index contributed by atoms with van der Waals surface area (Å²) >= 11 is 0. The Morgan fingerprint density at radius 1 is 1.17 bits per heavy atom. The van der Waals surface area contributed by atoms with Gasteiger partial charge < -0.3 is 39.5 Å². The quantitative estimate of drug-likeness (QED) is 0.358. The largest absolute Gasteiger partial charge is 1.00 e. The van der Waals surface area contributed by atoms with Crippen molar-refractivity contribution in [2.24, 2.45) is 0 Å². The van der Waals surface area contributed by atoms with Gasteiger partial charge in [-0.2, -0.15) is 0 Å². The van der Waals surface area contributed by atoms with Crippen molar-refractivity contribution in [2.75, 3.05) is 13.2 Å². The molecule has 1 heterocycles. The lowest BCUT2D eigenvalue weighted by Gasteiger charge is -2.14. The van der Waals surface area contributed by atoms with Crippen LogP contribution in [0.25, 0.3) is 11.8 Å². The highest BCUT2D eigenvalue weighted by atomic mass is 127. The second-order valence-electron chi connectivity index (χ2n) is 5.46. The lowest BCUT2D eigenvalue weighted by molar-refractivity contribution is -0.698. The number of rotatable bonds is 8. The molecule has 5 heteroatoms. The maximum absolute atomic E-state index is 9.81. The molecular weight excluding hydrogens is 415 g/mol. The first-order valence-electron chi connectivity index (χ1n) is 8.02. The lowest BCUT2D eigenvalue weighted by atomic mass is 10.1. The minimum atomic E-state index is -0.364. The van der Waals surface area contributed by atoms with E-state index in [1.165, 1.54) is 0 Å². The molecule has 0 bridgehead atoms. The van der Waals surface area contributed by atoms with Gasteiger partial charge >= 0.3 is 0 Å². The van der Waals surface area contributed by atoms with Gasteiger partial charge in [-0.05, 0) is 18.1 Å². The molecule has 0 aliphatic carbocycles. The molecule has 0 fully saturated rings. The molecule has 24 heavy (non-hydrogen) atoms. The first-order valence-corrected chi connectivity index (χ1v) is 8.02. The Balaban J connectivity index is 0.00000288. The van der Waals surface area contributed by atoms with Gasteiger partial charge in [0.1, 0.15) is 6.61 Å². The lowest BCUT2D eigenvalue weighted by Crippen LogP contribution is -3.00. The van der Waals surface area contributed by atoms with Crippen molar-refractivity contribution < 1.29 is 38.8 Å². The van der Waals surface area contributed by atoms with Crippen LogP contribution in [-0.2, 0) is 6.54 Å². The van der Waals surface area contributed by atoms with Gasteiger partial charge in [0.2, 0.25) is 0 Å². The first-order chi connectivity index (χ1) is 11.2. The molecule has 130 valence electrons. The number of nitrogens with zero attached hydrogens (tertiary/aromatic N) is 1. The molecule has 2 rings (SSSR count). The third-order valence-electron chi connectivity index (χ3n) is 3.67. The van der Waals surface area contributed by atoms with E-state index in [1.54, 1.807) is 0 Å². The van der Waals surface area contributed by atoms with Crippen molar-refractivity contribution in [3.63, 3.8) is 0 Å². The summed E-state index contributed by atoms with van der Waals surface area (Å²) in [6.45, 7) is 3.19. The number of aliphatic hydroxyl groups excluding tert-OH is 2. The van der Waals surface area contributed by atoms with Gasteiger partial charge in [0.15, 0.2) is 18.9 Å². The monoisotopic (exact) mass is 440 g/mol. The minimum Gasteiger partial charge on any atom is -1.00 e. The van der Waals surface area contributed by atoms with Crippen LogP contribution in [0.15, 0.2) is 54.9 Å². The van der Waals surface area contributed by atoms with Crippen molar-refractivity contribution in [1.82, 2.24) is 5.32 Å². The van der Waals surface area contributed by atoms with Crippen LogP contribution in [0, 0.1) is 0 Å². The van der Waals surface area contributed by atoms with Gasteiger partial charge in [0, 0.05) is 29.9 Å². The number of aliphatic hydroxyl groups is 2. The van der Waals surface area contributed by atoms with Crippen molar-refractivity contribution in [3.8, 4) is 0 Å². The molecular formula is C19H25IN2O2. The van der Waals surface area contributed by atoms with Crippen LogP contribution in [0.5, 0.6) is 0 Å². The summed E-state index contributed by atoms with van der Waals surface area (Å²) in [6.07, 6.45) is 6.33. The van der Waals surface area contributed by atoms with Gasteiger partial charge in [-0.25, -0.2) is 4.57 Å². The summed E-state index contributed by atoms with van der Waals surface area (Å²) in [7, 11) is 0. The van der Waals surface area contributed by atoms with Crippen LogP contribution in [0.1, 0.15) is 24.5 Å². The van der Waals surface area contributed by atoms with E-state index in [0.29, 0.717) is 13.1 Å². The van der Waals surface area contributed by atoms with Gasteiger partial charge in [-0.3, -0.25) is 0 Å². The average Bonchev–Trinajstić information content (AvgIpc) is 2.60. The van der Waals surface area contributed by atoms with Gasteiger partial charge in [0.05, 0.1) is 6.10 Å². The fourth-order valence-corrected chi connectivity index (χ4v) is 2.23. The van der Waals surface area contributed by atoms with E-state index < -0.39 is 0 Å². The predicted octanol–water partition coefficient (Wildman–Crippen LogP) is -1.17. The summed E-state index contributed by atoms with van der Waals surface area (Å²) in [5.41, 5.74) is 3.12. The number of nitrogens with one attached hydrogen (secondary N) is 1. The summed E-state index contributed by atoms with van der Waals surface area (Å²) in [6, 6.07) is 14.1. The van der Waals surface area contributed by atoms with Crippen LogP contribution in [0.2, 0.25) is 0 Å². The van der Waals surface area contributed by atoms with E-state index >= 15 is 0 Å². The standard InChI is InChI=1S/C19H25N2O2.HI/c1-2-18(23)15-20-19(14-16-6-4-3-5-7-16)17-8-10-21(11-9-17)12-13-22;/h3-11,14,18,20,22-23H,2,12-13,15H2,1H3;1H/q+1;/p-1/b19-14+;. The van der Waals surface area contributed by atoms with Crippen LogP contribution >= 0.6 is 0 Å². The van der Waals surface area contributed by atoms with E-state index in [2.05, 4.69) is 11.4 Å². The van der Waals surface area contributed by atoms with Gasteiger partial charge in [0.25, 0.3) is 0 Å². The molecule has 4 nitrogen and oxygen atoms in total. The smallest absolute Gasteiger partial charge is 0.171 e. The van der Waals surface area contributed by atoms with E-state index in [0.717, 1.165) is 23.2 Å². The second kappa shape index (κ2) is 11.2. The summed E-state index contributed by atoms with van der Waals surface area (Å²) in [5.74, 6) is 0. The Labute approximate surface area is 160 Å². The average molecular weight is 440 g/mol. The summed E-state index contributed by atoms with van der Waals surface area (Å²) in [4.78, 5) is 0. The molecule has 1 unspecified atom stereocenters. The molecule has 0 radical (unpaired) electrons. The highest BCUT2D eigenvalue weighted by Crippen LogP contribution is 2.15. The van der Waals surface area contributed by atoms with Crippen molar-refractivity contribution >= 4 is 11.8 Å². The number of hydrogen-bond donors (Lipinski definition) is 3. The fraction of sp³-hybridized carbons (Fsp3) is 0.316. The zero-order chi connectivity index (χ0) is 16.5. The molecule has 1 aromatic carbocycles. The number of halogens is 1. The first kappa shape index (κ1) is 20.6. The van der Waals surface area contributed by atoms with Gasteiger partial charge in [-0.15, -0.1) is 0 Å². The Kier molecular flexibility index (Phi) is 9.59. The van der Waals surface area contributed by atoms with Crippen molar-refractivity contribution in [1.29, 1.82) is 0 Å². The van der Waals surface area contributed by atoms with Gasteiger partial charge in [-0.1, -0.05) is 37.3 Å². The molecule has 0 aliphatic rings. The number of pyridine rings is 1. The fourth-order valence-electron chi connectivity index (χ4n) is 2.23. The maximum atomic E-state index is 9.81. The molecule has 0 amide bonds. The molecule has 2 aromatic rings. The SMILES string of the molecule is CCC(O)CN/C(=C/c1ccccc1)c1cc[n+](CCO)cc1.[I-]. The maximum Gasteiger partial charge on any atom is 0.171 e. The Hall–Kier alpha value is -1.44. The molecule has 0 saturated carbocycles. The summed E-state index contributed by atoms with van der Waals surface area (Å²) in [5, 5.41) is 22.1. The molecule has 0 spiro atoms. The van der Waals surface area contributed by atoms with E-state index in [-0.39, 0.29) is 36.7 Å². The molecule has 3 N–H and O–H groups in total. The Morgan fingerprint density at radius 2 is 1.83 bits per heavy atom. The van der Waals surface area contributed by atoms with Crippen molar-refractivity contribution in [3.05, 3.63) is 66.0 Å². The Bertz CT molecular complexity index is 615. The normalized spacial score (nSPS) is 12.4. The Morgan fingerprint density at radius 3 is 2.42 bits per heavy atom. The molecule has 0 aliphatic heterocycles. The molecule has 1 aromatic heterocycles. The highest BCUT2D eigenvalue weighted by molar-refractivity contribution is 5.79. The second-order valence-corrected chi connectivity index (χ2v) is 5.46. The minimum absolute atomic E-state index is 0. The van der Waals surface area contributed by atoms with E-state index in [1.807, 2.05) is 66.3 Å². The number of hydrogen-bond acceptors (Lipinski definition) is 3. The number of aromatic nitrogens is 1. The third-order valence-corrected chi connectivity index (χ3v) is 3.67. The predicted molar refractivity (Wildman–Crippen MR) is 92.3 cm³/mol. The summed E-state index contributed by atoms with van der Waals surface area (Å²) < 4.78 is 1.94. The topological polar surface area (TPSA) is 56.4 Å². The zero-order valence-electron chi connectivity index (χ0n) is 13.9. The van der Waals surface area contributed by atoms with Crippen LogP contribution in [0.4, 0.5) is 0 Å². The molecule has 0 saturated heterocycles. The molecule has 1 atom stereocenters. The number of benzene rings is 1. The van der Waals surface area contributed by atoms with Crippen LogP contribution in [0.3, 0.4) is 0 Å². The van der Waals surface area contributed by atoms with Crippen LogP contribution in [-0.4, -0.2) is 29.5 Å². The third kappa shape index (κ3) is 6.59. The van der Waals surface area contributed by atoms with Crippen LogP contribution < -0.4 is 33.9 Å². The van der Waals surface area contributed by atoms with E-state index in [9.17, 15) is 5.11 Å². The zero-order valence-corrected chi connectivity index (χ0v) is 16.1. The van der Waals surface area contributed by atoms with Crippen molar-refractivity contribution in [2.45, 2.75) is 26.0 Å². The highest BCUT2D eigenvalue weighted by Gasteiger charge is 2.07.